The molecular formula is C22H32F2. The number of hydrogen-bond acceptors (Lipinski definition) is 0. The number of allylic oxidation sites excluding steroid dienone is 1. The molecule has 2 rings (SSSR count). The Hall–Kier alpha value is -1.18. The molecule has 2 heteroatoms. The maximum absolute atomic E-state index is 12.1. The molecule has 134 valence electrons. The van der Waals surface area contributed by atoms with Crippen molar-refractivity contribution in [3.05, 3.63) is 47.5 Å². The van der Waals surface area contributed by atoms with Gasteiger partial charge < -0.3 is 0 Å². The SMILES string of the molecule is CCCCCCC1CCC(c2ccc(CCC=C(F)F)cc2)CC1. The summed E-state index contributed by atoms with van der Waals surface area (Å²) in [4.78, 5) is 0. The van der Waals surface area contributed by atoms with E-state index in [1.807, 2.05) is 0 Å². The number of halogens is 2. The summed E-state index contributed by atoms with van der Waals surface area (Å²) in [6.07, 6.45) is 12.9. The Labute approximate surface area is 146 Å². The topological polar surface area (TPSA) is 0 Å². The van der Waals surface area contributed by atoms with Crippen molar-refractivity contribution in [1.82, 2.24) is 0 Å². The quantitative estimate of drug-likeness (QED) is 0.407. The van der Waals surface area contributed by atoms with Crippen LogP contribution in [0.3, 0.4) is 0 Å². The fourth-order valence-corrected chi connectivity index (χ4v) is 3.95. The first-order valence-electron chi connectivity index (χ1n) is 9.79. The summed E-state index contributed by atoms with van der Waals surface area (Å²) in [6.45, 7) is 2.27. The Balaban J connectivity index is 1.72. The lowest BCUT2D eigenvalue weighted by Crippen LogP contribution is -2.13. The average Bonchev–Trinajstić information content (AvgIpc) is 2.60. The van der Waals surface area contributed by atoms with Gasteiger partial charge in [-0.05, 0) is 67.6 Å². The van der Waals surface area contributed by atoms with Crippen LogP contribution in [0.2, 0.25) is 0 Å². The molecule has 0 atom stereocenters. The number of rotatable bonds is 9. The van der Waals surface area contributed by atoms with Gasteiger partial charge in [-0.25, -0.2) is 0 Å². The van der Waals surface area contributed by atoms with Crippen LogP contribution in [-0.4, -0.2) is 0 Å². The van der Waals surface area contributed by atoms with Gasteiger partial charge in [0, 0.05) is 0 Å². The first kappa shape index (κ1) is 19.1. The second-order valence-corrected chi connectivity index (χ2v) is 7.34. The molecular weight excluding hydrogens is 302 g/mol. The van der Waals surface area contributed by atoms with Gasteiger partial charge in [0.15, 0.2) is 0 Å². The molecule has 1 aliphatic rings. The Morgan fingerprint density at radius 2 is 1.71 bits per heavy atom. The molecule has 24 heavy (non-hydrogen) atoms. The third kappa shape index (κ3) is 6.75. The van der Waals surface area contributed by atoms with Gasteiger partial charge in [0.1, 0.15) is 0 Å². The van der Waals surface area contributed by atoms with Crippen molar-refractivity contribution in [3.63, 3.8) is 0 Å². The van der Waals surface area contributed by atoms with Crippen LogP contribution in [0.15, 0.2) is 36.4 Å². The van der Waals surface area contributed by atoms with E-state index in [9.17, 15) is 8.78 Å². The minimum absolute atomic E-state index is 0.421. The lowest BCUT2D eigenvalue weighted by atomic mass is 9.77. The van der Waals surface area contributed by atoms with E-state index in [-0.39, 0.29) is 0 Å². The zero-order chi connectivity index (χ0) is 17.2. The minimum Gasteiger partial charge on any atom is -0.174 e. The van der Waals surface area contributed by atoms with Crippen LogP contribution in [0.4, 0.5) is 8.78 Å². The molecule has 1 saturated carbocycles. The molecule has 0 N–H and O–H groups in total. The van der Waals surface area contributed by atoms with Crippen LogP contribution in [0.5, 0.6) is 0 Å². The monoisotopic (exact) mass is 334 g/mol. The zero-order valence-electron chi connectivity index (χ0n) is 15.1. The summed E-state index contributed by atoms with van der Waals surface area (Å²) in [7, 11) is 0. The fraction of sp³-hybridized carbons (Fsp3) is 0.636. The standard InChI is InChI=1S/C22H32F2/c1-2-3-4-5-7-18-10-14-20(15-11-18)21-16-12-19(13-17-21)8-6-9-22(23)24/h9,12-13,16-18,20H,2-8,10-11,14-15H2,1H3. The molecule has 0 aromatic heterocycles. The van der Waals surface area contributed by atoms with Crippen molar-refractivity contribution in [2.24, 2.45) is 5.92 Å². The summed E-state index contributed by atoms with van der Waals surface area (Å²) in [5.74, 6) is 1.65. The normalized spacial score (nSPS) is 20.8. The summed E-state index contributed by atoms with van der Waals surface area (Å²) in [5, 5.41) is 0. The Kier molecular flexibility index (Phi) is 8.49. The second kappa shape index (κ2) is 10.6. The van der Waals surface area contributed by atoms with E-state index in [1.54, 1.807) is 0 Å². The highest BCUT2D eigenvalue weighted by Gasteiger charge is 2.21. The molecule has 1 aliphatic carbocycles. The summed E-state index contributed by atoms with van der Waals surface area (Å²) < 4.78 is 24.1. The predicted octanol–water partition coefficient (Wildman–Crippen LogP) is 7.64. The van der Waals surface area contributed by atoms with Crippen molar-refractivity contribution in [2.45, 2.75) is 83.5 Å². The smallest absolute Gasteiger partial charge is 0.174 e. The molecule has 0 aliphatic heterocycles. The summed E-state index contributed by atoms with van der Waals surface area (Å²) >= 11 is 0. The van der Waals surface area contributed by atoms with E-state index >= 15 is 0 Å². The van der Waals surface area contributed by atoms with E-state index in [2.05, 4.69) is 31.2 Å². The molecule has 1 aromatic carbocycles. The van der Waals surface area contributed by atoms with Crippen LogP contribution in [0.1, 0.15) is 88.2 Å². The predicted molar refractivity (Wildman–Crippen MR) is 98.5 cm³/mol. The van der Waals surface area contributed by atoms with Crippen LogP contribution in [-0.2, 0) is 6.42 Å². The third-order valence-electron chi connectivity index (χ3n) is 5.50. The van der Waals surface area contributed by atoms with Crippen molar-refractivity contribution in [3.8, 4) is 0 Å². The summed E-state index contributed by atoms with van der Waals surface area (Å²) in [6, 6.07) is 8.68. The van der Waals surface area contributed by atoms with E-state index in [4.69, 9.17) is 0 Å². The second-order valence-electron chi connectivity index (χ2n) is 7.34. The van der Waals surface area contributed by atoms with Gasteiger partial charge in [0.25, 0.3) is 6.08 Å². The summed E-state index contributed by atoms with van der Waals surface area (Å²) in [5.41, 5.74) is 2.59. The van der Waals surface area contributed by atoms with Crippen molar-refractivity contribution < 1.29 is 8.78 Å². The van der Waals surface area contributed by atoms with Gasteiger partial charge in [-0.3, -0.25) is 0 Å². The van der Waals surface area contributed by atoms with E-state index in [0.29, 0.717) is 18.8 Å². The molecule has 0 unspecified atom stereocenters. The molecule has 0 amide bonds. The highest BCUT2D eigenvalue weighted by molar-refractivity contribution is 5.26. The Morgan fingerprint density at radius 1 is 1.00 bits per heavy atom. The average molecular weight is 334 g/mol. The molecule has 0 spiro atoms. The zero-order valence-corrected chi connectivity index (χ0v) is 15.1. The maximum atomic E-state index is 12.1. The molecule has 0 heterocycles. The number of benzene rings is 1. The molecule has 1 aromatic rings. The molecule has 0 saturated heterocycles. The fourth-order valence-electron chi connectivity index (χ4n) is 3.95. The Bertz CT molecular complexity index is 477. The largest absolute Gasteiger partial charge is 0.266 e. The van der Waals surface area contributed by atoms with Crippen molar-refractivity contribution in [2.75, 3.05) is 0 Å². The van der Waals surface area contributed by atoms with Gasteiger partial charge in [-0.1, -0.05) is 63.3 Å². The molecule has 1 fully saturated rings. The van der Waals surface area contributed by atoms with E-state index in [0.717, 1.165) is 17.6 Å². The first-order chi connectivity index (χ1) is 11.7. The van der Waals surface area contributed by atoms with Crippen LogP contribution in [0.25, 0.3) is 0 Å². The highest BCUT2D eigenvalue weighted by Crippen LogP contribution is 2.37. The van der Waals surface area contributed by atoms with E-state index < -0.39 is 6.08 Å². The minimum atomic E-state index is -1.57. The van der Waals surface area contributed by atoms with Gasteiger partial charge in [0.2, 0.25) is 0 Å². The van der Waals surface area contributed by atoms with Crippen molar-refractivity contribution in [1.29, 1.82) is 0 Å². The molecule has 0 nitrogen and oxygen atoms in total. The number of aryl methyl sites for hydroxylation is 1. The number of hydrogen-bond donors (Lipinski definition) is 0. The lowest BCUT2D eigenvalue weighted by molar-refractivity contribution is 0.302. The van der Waals surface area contributed by atoms with E-state index in [1.165, 1.54) is 63.4 Å². The maximum Gasteiger partial charge on any atom is 0.266 e. The van der Waals surface area contributed by atoms with Gasteiger partial charge in [-0.15, -0.1) is 0 Å². The van der Waals surface area contributed by atoms with Gasteiger partial charge in [0.05, 0.1) is 0 Å². The van der Waals surface area contributed by atoms with Gasteiger partial charge in [-0.2, -0.15) is 8.78 Å². The van der Waals surface area contributed by atoms with Crippen LogP contribution in [0, 0.1) is 5.92 Å². The lowest BCUT2D eigenvalue weighted by Gasteiger charge is -2.29. The molecule has 0 radical (unpaired) electrons. The van der Waals surface area contributed by atoms with Crippen LogP contribution < -0.4 is 0 Å². The highest BCUT2D eigenvalue weighted by atomic mass is 19.3. The van der Waals surface area contributed by atoms with Crippen molar-refractivity contribution >= 4 is 0 Å². The van der Waals surface area contributed by atoms with Gasteiger partial charge >= 0.3 is 0 Å². The third-order valence-corrected chi connectivity index (χ3v) is 5.50. The van der Waals surface area contributed by atoms with Crippen LogP contribution >= 0.6 is 0 Å². The molecule has 0 bridgehead atoms. The first-order valence-corrected chi connectivity index (χ1v) is 9.79. The Morgan fingerprint density at radius 3 is 2.33 bits per heavy atom. The number of unbranched alkanes of at least 4 members (excludes halogenated alkanes) is 3.